The molecule has 0 fully saturated rings. The molecule has 2 rings (SSSR count). The fourth-order valence-electron chi connectivity index (χ4n) is 1.73. The number of nitrogens with one attached hydrogen (secondary N) is 2. The van der Waals surface area contributed by atoms with Crippen molar-refractivity contribution in [1.29, 1.82) is 0 Å². The molecule has 0 aromatic carbocycles. The summed E-state index contributed by atoms with van der Waals surface area (Å²) >= 11 is 1.23. The lowest BCUT2D eigenvalue weighted by Gasteiger charge is -2.05. The Kier molecular flexibility index (Phi) is 5.21. The lowest BCUT2D eigenvalue weighted by atomic mass is 10.3. The van der Waals surface area contributed by atoms with Crippen LogP contribution in [0.4, 0.5) is 0 Å². The lowest BCUT2D eigenvalue weighted by molar-refractivity contribution is 0.475. The number of rotatable bonds is 7. The third kappa shape index (κ3) is 4.67. The van der Waals surface area contributed by atoms with Crippen LogP contribution >= 0.6 is 11.3 Å². The van der Waals surface area contributed by atoms with E-state index in [2.05, 4.69) is 23.9 Å². The average Bonchev–Trinajstić information content (AvgIpc) is 3.03. The number of sulfonamides is 1. The van der Waals surface area contributed by atoms with Crippen molar-refractivity contribution in [1.82, 2.24) is 10.0 Å². The average molecular weight is 328 g/mol. The van der Waals surface area contributed by atoms with Crippen molar-refractivity contribution in [3.63, 3.8) is 0 Å². The third-order valence-corrected chi connectivity index (χ3v) is 5.73. The van der Waals surface area contributed by atoms with Gasteiger partial charge in [0.1, 0.15) is 15.7 Å². The molecule has 0 aliphatic rings. The minimum Gasteiger partial charge on any atom is -0.465 e. The first-order valence-electron chi connectivity index (χ1n) is 6.72. The molecule has 7 heteroatoms. The second-order valence-electron chi connectivity index (χ2n) is 5.15. The van der Waals surface area contributed by atoms with Gasteiger partial charge < -0.3 is 9.73 Å². The second-order valence-corrected chi connectivity index (χ2v) is 8.05. The van der Waals surface area contributed by atoms with Gasteiger partial charge in [-0.3, -0.25) is 0 Å². The van der Waals surface area contributed by atoms with Crippen molar-refractivity contribution in [2.45, 2.75) is 44.1 Å². The monoisotopic (exact) mass is 328 g/mol. The number of aryl methyl sites for hydroxylation is 1. The quantitative estimate of drug-likeness (QED) is 0.819. The Balaban J connectivity index is 1.99. The van der Waals surface area contributed by atoms with Gasteiger partial charge in [0.25, 0.3) is 0 Å². The summed E-state index contributed by atoms with van der Waals surface area (Å²) < 4.78 is 32.6. The van der Waals surface area contributed by atoms with Crippen LogP contribution in [0, 0.1) is 6.92 Å². The molecule has 0 saturated heterocycles. The van der Waals surface area contributed by atoms with E-state index in [-0.39, 0.29) is 6.54 Å². The molecule has 0 amide bonds. The molecule has 2 N–H and O–H groups in total. The van der Waals surface area contributed by atoms with Crippen LogP contribution in [0.2, 0.25) is 0 Å². The molecule has 116 valence electrons. The first-order chi connectivity index (χ1) is 9.87. The zero-order chi connectivity index (χ0) is 15.5. The standard InChI is InChI=1S/C14H20N2O3S2/c1-10(2)15-7-12-6-14(20-9-12)21(17,18)16-8-13-5-4-11(3)19-13/h4-6,9-10,15-16H,7-8H2,1-3H3. The van der Waals surface area contributed by atoms with E-state index in [1.54, 1.807) is 12.1 Å². The highest BCUT2D eigenvalue weighted by atomic mass is 32.2. The Morgan fingerprint density at radius 3 is 2.67 bits per heavy atom. The zero-order valence-electron chi connectivity index (χ0n) is 12.3. The molecule has 0 spiro atoms. The van der Waals surface area contributed by atoms with Crippen LogP contribution in [0.25, 0.3) is 0 Å². The number of hydrogen-bond donors (Lipinski definition) is 2. The molecule has 2 heterocycles. The Morgan fingerprint density at radius 2 is 2.05 bits per heavy atom. The number of furan rings is 1. The first-order valence-corrected chi connectivity index (χ1v) is 9.09. The molecule has 0 radical (unpaired) electrons. The topological polar surface area (TPSA) is 71.3 Å². The van der Waals surface area contributed by atoms with Gasteiger partial charge in [0.2, 0.25) is 10.0 Å². The largest absolute Gasteiger partial charge is 0.465 e. The van der Waals surface area contributed by atoms with Crippen LogP contribution in [0.3, 0.4) is 0 Å². The highest BCUT2D eigenvalue weighted by Gasteiger charge is 2.17. The number of hydrogen-bond acceptors (Lipinski definition) is 5. The molecular weight excluding hydrogens is 308 g/mol. The van der Waals surface area contributed by atoms with Gasteiger partial charge in [0.15, 0.2) is 0 Å². The molecule has 0 saturated carbocycles. The van der Waals surface area contributed by atoms with Crippen LogP contribution in [0.1, 0.15) is 30.9 Å². The Hall–Kier alpha value is -1.15. The Bertz CT molecular complexity index is 687. The summed E-state index contributed by atoms with van der Waals surface area (Å²) in [5.74, 6) is 1.37. The maximum absolute atomic E-state index is 12.2. The van der Waals surface area contributed by atoms with Crippen LogP contribution in [0.5, 0.6) is 0 Å². The summed E-state index contributed by atoms with van der Waals surface area (Å²) in [5.41, 5.74) is 0.975. The van der Waals surface area contributed by atoms with Crippen molar-refractivity contribution in [3.8, 4) is 0 Å². The molecule has 0 aliphatic heterocycles. The van der Waals surface area contributed by atoms with Crippen LogP contribution < -0.4 is 10.0 Å². The highest BCUT2D eigenvalue weighted by Crippen LogP contribution is 2.20. The van der Waals surface area contributed by atoms with Gasteiger partial charge in [-0.25, -0.2) is 13.1 Å². The van der Waals surface area contributed by atoms with Gasteiger partial charge in [-0.2, -0.15) is 0 Å². The first kappa shape index (κ1) is 16.2. The summed E-state index contributed by atoms with van der Waals surface area (Å²) in [7, 11) is -3.49. The molecule has 0 unspecified atom stereocenters. The molecule has 2 aromatic heterocycles. The van der Waals surface area contributed by atoms with E-state index in [0.29, 0.717) is 22.6 Å². The van der Waals surface area contributed by atoms with Crippen LogP contribution in [-0.4, -0.2) is 14.5 Å². The van der Waals surface area contributed by atoms with E-state index >= 15 is 0 Å². The summed E-state index contributed by atoms with van der Waals surface area (Å²) in [6.07, 6.45) is 0. The Morgan fingerprint density at radius 1 is 1.29 bits per heavy atom. The van der Waals surface area contributed by atoms with Gasteiger partial charge in [-0.05, 0) is 36.1 Å². The second kappa shape index (κ2) is 6.74. The van der Waals surface area contributed by atoms with Crippen molar-refractivity contribution < 1.29 is 12.8 Å². The zero-order valence-corrected chi connectivity index (χ0v) is 14.0. The molecule has 0 bridgehead atoms. The minimum atomic E-state index is -3.49. The summed E-state index contributed by atoms with van der Waals surface area (Å²) in [6, 6.07) is 5.65. The van der Waals surface area contributed by atoms with Gasteiger partial charge >= 0.3 is 0 Å². The maximum atomic E-state index is 12.2. The van der Waals surface area contributed by atoms with Crippen LogP contribution in [0.15, 0.2) is 32.2 Å². The molecule has 0 aliphatic carbocycles. The summed E-state index contributed by atoms with van der Waals surface area (Å²) in [5, 5.41) is 5.13. The minimum absolute atomic E-state index is 0.160. The SMILES string of the molecule is Cc1ccc(CNS(=O)(=O)c2cc(CNC(C)C)cs2)o1. The molecule has 0 atom stereocenters. The molecule has 5 nitrogen and oxygen atoms in total. The van der Waals surface area contributed by atoms with Crippen molar-refractivity contribution in [3.05, 3.63) is 40.7 Å². The van der Waals surface area contributed by atoms with E-state index < -0.39 is 10.0 Å². The van der Waals surface area contributed by atoms with Crippen LogP contribution in [-0.2, 0) is 23.1 Å². The van der Waals surface area contributed by atoms with Crippen molar-refractivity contribution in [2.24, 2.45) is 0 Å². The highest BCUT2D eigenvalue weighted by molar-refractivity contribution is 7.91. The van der Waals surface area contributed by atoms with E-state index in [9.17, 15) is 8.42 Å². The fourth-order valence-corrected chi connectivity index (χ4v) is 3.97. The third-order valence-electron chi connectivity index (χ3n) is 2.84. The van der Waals surface area contributed by atoms with Gasteiger partial charge in [-0.1, -0.05) is 13.8 Å². The van der Waals surface area contributed by atoms with E-state index in [4.69, 9.17) is 4.42 Å². The van der Waals surface area contributed by atoms with Gasteiger partial charge in [-0.15, -0.1) is 11.3 Å². The van der Waals surface area contributed by atoms with Crippen molar-refractivity contribution in [2.75, 3.05) is 0 Å². The maximum Gasteiger partial charge on any atom is 0.250 e. The normalized spacial score (nSPS) is 12.2. The van der Waals surface area contributed by atoms with Crippen molar-refractivity contribution >= 4 is 21.4 Å². The fraction of sp³-hybridized carbons (Fsp3) is 0.429. The molecule has 2 aromatic rings. The van der Waals surface area contributed by atoms with Gasteiger partial charge in [0.05, 0.1) is 6.54 Å². The lowest BCUT2D eigenvalue weighted by Crippen LogP contribution is -2.22. The molecule has 21 heavy (non-hydrogen) atoms. The van der Waals surface area contributed by atoms with E-state index in [1.165, 1.54) is 11.3 Å². The van der Waals surface area contributed by atoms with Gasteiger partial charge in [0, 0.05) is 12.6 Å². The smallest absolute Gasteiger partial charge is 0.250 e. The molecular formula is C14H20N2O3S2. The van der Waals surface area contributed by atoms with E-state index in [0.717, 1.165) is 11.3 Å². The summed E-state index contributed by atoms with van der Waals surface area (Å²) in [6.45, 7) is 6.76. The number of thiophene rings is 1. The predicted octanol–water partition coefficient (Wildman–Crippen LogP) is 2.63. The Labute approximate surface area is 129 Å². The summed E-state index contributed by atoms with van der Waals surface area (Å²) in [4.78, 5) is 0. The van der Waals surface area contributed by atoms with E-state index in [1.807, 2.05) is 18.4 Å². The predicted molar refractivity (Wildman–Crippen MR) is 83.8 cm³/mol.